The van der Waals surface area contributed by atoms with Gasteiger partial charge in [-0.05, 0) is 31.6 Å². The van der Waals surface area contributed by atoms with E-state index < -0.39 is 5.91 Å². The van der Waals surface area contributed by atoms with Crippen LogP contribution in [0.25, 0.3) is 0 Å². The summed E-state index contributed by atoms with van der Waals surface area (Å²) in [5, 5.41) is 3.48. The minimum Gasteiger partial charge on any atom is -0.370 e. The van der Waals surface area contributed by atoms with Crippen molar-refractivity contribution in [2.24, 2.45) is 11.7 Å². The van der Waals surface area contributed by atoms with Crippen LogP contribution in [0.4, 0.5) is 0 Å². The fourth-order valence-electron chi connectivity index (χ4n) is 2.57. The highest BCUT2D eigenvalue weighted by molar-refractivity contribution is 5.74. The second kappa shape index (κ2) is 8.48. The number of amides is 1. The largest absolute Gasteiger partial charge is 0.370 e. The van der Waals surface area contributed by atoms with Gasteiger partial charge in [-0.3, -0.25) is 4.79 Å². The predicted octanol–water partition coefficient (Wildman–Crippen LogP) is 1.44. The van der Waals surface area contributed by atoms with Gasteiger partial charge >= 0.3 is 0 Å². The van der Waals surface area contributed by atoms with E-state index in [2.05, 4.69) is 12.2 Å². The van der Waals surface area contributed by atoms with Gasteiger partial charge in [-0.25, -0.2) is 0 Å². The first-order chi connectivity index (χ1) is 8.22. The summed E-state index contributed by atoms with van der Waals surface area (Å²) >= 11 is 0. The van der Waals surface area contributed by atoms with E-state index in [-0.39, 0.29) is 6.61 Å². The van der Waals surface area contributed by atoms with Gasteiger partial charge in [0.2, 0.25) is 5.91 Å². The second-order valence-electron chi connectivity index (χ2n) is 4.98. The summed E-state index contributed by atoms with van der Waals surface area (Å²) < 4.78 is 5.11. The molecule has 17 heavy (non-hydrogen) atoms. The zero-order chi connectivity index (χ0) is 12.5. The van der Waals surface area contributed by atoms with Crippen molar-refractivity contribution in [2.45, 2.75) is 51.5 Å². The lowest BCUT2D eigenvalue weighted by Crippen LogP contribution is -2.35. The number of carbonyl (C=O) groups is 1. The lowest BCUT2D eigenvalue weighted by Gasteiger charge is -2.29. The molecular formula is C13H26N2O2. The first kappa shape index (κ1) is 14.5. The molecule has 1 rings (SSSR count). The number of nitrogens with one attached hydrogen (secondary N) is 1. The third-order valence-electron chi connectivity index (χ3n) is 3.47. The fraction of sp³-hybridized carbons (Fsp3) is 0.923. The van der Waals surface area contributed by atoms with Crippen LogP contribution >= 0.6 is 0 Å². The Bertz CT molecular complexity index is 213. The topological polar surface area (TPSA) is 64.3 Å². The molecule has 0 bridgehead atoms. The van der Waals surface area contributed by atoms with Crippen molar-refractivity contribution >= 4 is 5.91 Å². The second-order valence-corrected chi connectivity index (χ2v) is 4.98. The van der Waals surface area contributed by atoms with Crippen LogP contribution in [0.2, 0.25) is 0 Å². The Morgan fingerprint density at radius 1 is 1.35 bits per heavy atom. The Balaban J connectivity index is 1.97. The van der Waals surface area contributed by atoms with E-state index in [1.165, 1.54) is 38.5 Å². The number of hydrogen-bond donors (Lipinski definition) is 2. The summed E-state index contributed by atoms with van der Waals surface area (Å²) in [7, 11) is 0. The monoisotopic (exact) mass is 242 g/mol. The van der Waals surface area contributed by atoms with Crippen molar-refractivity contribution in [3.8, 4) is 0 Å². The molecule has 4 nitrogen and oxygen atoms in total. The first-order valence-corrected chi connectivity index (χ1v) is 6.81. The smallest absolute Gasteiger partial charge is 0.243 e. The van der Waals surface area contributed by atoms with Gasteiger partial charge in [-0.2, -0.15) is 0 Å². The minimum absolute atomic E-state index is 0.0327. The Hall–Kier alpha value is -0.610. The molecule has 1 fully saturated rings. The molecule has 1 aliphatic carbocycles. The quantitative estimate of drug-likeness (QED) is 0.633. The summed E-state index contributed by atoms with van der Waals surface area (Å²) in [5.41, 5.74) is 4.98. The zero-order valence-corrected chi connectivity index (χ0v) is 10.9. The molecule has 0 aromatic heterocycles. The van der Waals surface area contributed by atoms with Crippen LogP contribution < -0.4 is 11.1 Å². The summed E-state index contributed by atoms with van der Waals surface area (Å²) in [6.07, 6.45) is 7.96. The average Bonchev–Trinajstić information content (AvgIpc) is 2.31. The van der Waals surface area contributed by atoms with Crippen LogP contribution in [0.1, 0.15) is 45.4 Å². The van der Waals surface area contributed by atoms with Crippen molar-refractivity contribution in [1.82, 2.24) is 5.32 Å². The molecule has 0 heterocycles. The molecule has 1 saturated carbocycles. The Labute approximate surface area is 104 Å². The Kier molecular flexibility index (Phi) is 7.21. The molecule has 0 radical (unpaired) electrons. The summed E-state index contributed by atoms with van der Waals surface area (Å²) in [4.78, 5) is 10.4. The van der Waals surface area contributed by atoms with Crippen LogP contribution in [-0.2, 0) is 9.53 Å². The van der Waals surface area contributed by atoms with Crippen LogP contribution in [0, 0.1) is 5.92 Å². The first-order valence-electron chi connectivity index (χ1n) is 6.81. The van der Waals surface area contributed by atoms with Crippen LogP contribution in [-0.4, -0.2) is 31.7 Å². The van der Waals surface area contributed by atoms with Gasteiger partial charge in [-0.1, -0.05) is 19.8 Å². The van der Waals surface area contributed by atoms with Crippen LogP contribution in [0.15, 0.2) is 0 Å². The number of primary amides is 1. The molecule has 0 unspecified atom stereocenters. The standard InChI is InChI=1S/C13H26N2O2/c1-2-3-11-4-6-12(7-5-11)15-8-9-17-10-13(14)16/h11-12,15H,2-10H2,1H3,(H2,14,16). The van der Waals surface area contributed by atoms with Crippen LogP contribution in [0.3, 0.4) is 0 Å². The van der Waals surface area contributed by atoms with E-state index in [4.69, 9.17) is 10.5 Å². The third-order valence-corrected chi connectivity index (χ3v) is 3.47. The lowest BCUT2D eigenvalue weighted by atomic mass is 9.83. The van der Waals surface area contributed by atoms with Gasteiger partial charge in [0, 0.05) is 12.6 Å². The number of nitrogens with two attached hydrogens (primary N) is 1. The van der Waals surface area contributed by atoms with Crippen molar-refractivity contribution in [1.29, 1.82) is 0 Å². The number of carbonyl (C=O) groups excluding carboxylic acids is 1. The molecular weight excluding hydrogens is 216 g/mol. The molecule has 0 aromatic carbocycles. The Morgan fingerprint density at radius 3 is 2.65 bits per heavy atom. The molecule has 1 amide bonds. The average molecular weight is 242 g/mol. The van der Waals surface area contributed by atoms with E-state index in [0.717, 1.165) is 12.5 Å². The number of rotatable bonds is 8. The van der Waals surface area contributed by atoms with Crippen molar-refractivity contribution in [3.63, 3.8) is 0 Å². The van der Waals surface area contributed by atoms with Crippen LogP contribution in [0.5, 0.6) is 0 Å². The van der Waals surface area contributed by atoms with E-state index in [0.29, 0.717) is 12.6 Å². The maximum atomic E-state index is 10.4. The van der Waals surface area contributed by atoms with E-state index in [1.807, 2.05) is 0 Å². The zero-order valence-electron chi connectivity index (χ0n) is 10.9. The van der Waals surface area contributed by atoms with E-state index in [9.17, 15) is 4.79 Å². The molecule has 0 saturated heterocycles. The Morgan fingerprint density at radius 2 is 2.06 bits per heavy atom. The molecule has 0 atom stereocenters. The minimum atomic E-state index is -0.398. The lowest BCUT2D eigenvalue weighted by molar-refractivity contribution is -0.122. The van der Waals surface area contributed by atoms with E-state index in [1.54, 1.807) is 0 Å². The summed E-state index contributed by atoms with van der Waals surface area (Å²) in [5.74, 6) is 0.550. The third kappa shape index (κ3) is 6.64. The van der Waals surface area contributed by atoms with Gasteiger partial charge in [-0.15, -0.1) is 0 Å². The highest BCUT2D eigenvalue weighted by atomic mass is 16.5. The van der Waals surface area contributed by atoms with Crippen molar-refractivity contribution in [2.75, 3.05) is 19.8 Å². The molecule has 0 spiro atoms. The number of ether oxygens (including phenoxy) is 1. The molecule has 0 aliphatic heterocycles. The SMILES string of the molecule is CCCC1CCC(NCCOCC(N)=O)CC1. The molecule has 4 heteroatoms. The molecule has 3 N–H and O–H groups in total. The highest BCUT2D eigenvalue weighted by Crippen LogP contribution is 2.27. The van der Waals surface area contributed by atoms with Gasteiger partial charge in [0.1, 0.15) is 6.61 Å². The molecule has 100 valence electrons. The normalized spacial score (nSPS) is 24.8. The van der Waals surface area contributed by atoms with Gasteiger partial charge in [0.05, 0.1) is 6.61 Å². The van der Waals surface area contributed by atoms with Crippen molar-refractivity contribution < 1.29 is 9.53 Å². The summed E-state index contributed by atoms with van der Waals surface area (Å²) in [6, 6.07) is 0.639. The van der Waals surface area contributed by atoms with Gasteiger partial charge in [0.15, 0.2) is 0 Å². The van der Waals surface area contributed by atoms with Gasteiger partial charge in [0.25, 0.3) is 0 Å². The van der Waals surface area contributed by atoms with Gasteiger partial charge < -0.3 is 15.8 Å². The van der Waals surface area contributed by atoms with E-state index >= 15 is 0 Å². The summed E-state index contributed by atoms with van der Waals surface area (Å²) in [6.45, 7) is 3.68. The maximum Gasteiger partial charge on any atom is 0.243 e. The number of hydrogen-bond acceptors (Lipinski definition) is 3. The predicted molar refractivity (Wildman–Crippen MR) is 68.7 cm³/mol. The molecule has 0 aromatic rings. The highest BCUT2D eigenvalue weighted by Gasteiger charge is 2.19. The maximum absolute atomic E-state index is 10.4. The fourth-order valence-corrected chi connectivity index (χ4v) is 2.57. The molecule has 1 aliphatic rings. The van der Waals surface area contributed by atoms with Crippen molar-refractivity contribution in [3.05, 3.63) is 0 Å².